The number of halogens is 1. The smallest absolute Gasteiger partial charge is 0.191 e. The number of benzene rings is 2. The molecule has 2 aromatic carbocycles. The lowest BCUT2D eigenvalue weighted by atomic mass is 10.0. The summed E-state index contributed by atoms with van der Waals surface area (Å²) < 4.78 is 21.8. The van der Waals surface area contributed by atoms with E-state index < -0.39 is 0 Å². The maximum absolute atomic E-state index is 5.57. The summed E-state index contributed by atoms with van der Waals surface area (Å²) in [7, 11) is 6.76. The van der Waals surface area contributed by atoms with Crippen molar-refractivity contribution in [3.8, 4) is 17.2 Å². The molecule has 1 aliphatic rings. The Balaban J connectivity index is 0.00000385. The molecule has 1 fully saturated rings. The van der Waals surface area contributed by atoms with E-state index >= 15 is 0 Å². The van der Waals surface area contributed by atoms with Gasteiger partial charge < -0.3 is 29.6 Å². The number of methoxy groups -OCH3 is 3. The van der Waals surface area contributed by atoms with Crippen molar-refractivity contribution in [1.29, 1.82) is 0 Å². The summed E-state index contributed by atoms with van der Waals surface area (Å²) in [5, 5.41) is 6.87. The van der Waals surface area contributed by atoms with Gasteiger partial charge in [0.2, 0.25) is 0 Å². The average molecular weight is 570 g/mol. The van der Waals surface area contributed by atoms with E-state index in [4.69, 9.17) is 18.9 Å². The van der Waals surface area contributed by atoms with Crippen molar-refractivity contribution in [2.45, 2.75) is 12.6 Å². The summed E-state index contributed by atoms with van der Waals surface area (Å²) in [6.45, 7) is 4.54. The third kappa shape index (κ3) is 7.65. The summed E-state index contributed by atoms with van der Waals surface area (Å²) in [4.78, 5) is 6.82. The van der Waals surface area contributed by atoms with Crippen LogP contribution in [0.3, 0.4) is 0 Å². The minimum absolute atomic E-state index is 0. The van der Waals surface area contributed by atoms with Crippen molar-refractivity contribution in [3.63, 3.8) is 0 Å². The highest BCUT2D eigenvalue weighted by atomic mass is 127. The Kier molecular flexibility index (Phi) is 11.6. The van der Waals surface area contributed by atoms with Gasteiger partial charge in [0, 0.05) is 33.2 Å². The molecule has 0 spiro atoms. The van der Waals surface area contributed by atoms with E-state index in [1.807, 2.05) is 30.3 Å². The molecule has 182 valence electrons. The van der Waals surface area contributed by atoms with Crippen molar-refractivity contribution in [3.05, 3.63) is 53.6 Å². The molecule has 1 heterocycles. The van der Waals surface area contributed by atoms with Gasteiger partial charge in [0.05, 0.1) is 40.6 Å². The van der Waals surface area contributed by atoms with Crippen LogP contribution in [-0.4, -0.2) is 72.1 Å². The number of rotatable bonds is 9. The highest BCUT2D eigenvalue weighted by Gasteiger charge is 2.24. The summed E-state index contributed by atoms with van der Waals surface area (Å²) in [6, 6.07) is 14.2. The standard InChI is InChI=1S/C24H34N4O4.HI/c1-25-24(26-16-18-6-5-7-20(14-18)29-2)27-17-21(28-10-12-32-13-11-28)19-8-9-22(30-3)23(15-19)31-4;/h5-9,14-15,21H,10-13,16-17H2,1-4H3,(H2,25,26,27);1H. The first kappa shape index (κ1) is 27.0. The fraction of sp³-hybridized carbons (Fsp3) is 0.458. The van der Waals surface area contributed by atoms with Crippen LogP contribution in [0.2, 0.25) is 0 Å². The van der Waals surface area contributed by atoms with Crippen molar-refractivity contribution in [2.24, 2.45) is 4.99 Å². The van der Waals surface area contributed by atoms with E-state index in [0.29, 0.717) is 13.1 Å². The lowest BCUT2D eigenvalue weighted by Gasteiger charge is -2.35. The normalized spacial score (nSPS) is 15.2. The maximum Gasteiger partial charge on any atom is 0.191 e. The van der Waals surface area contributed by atoms with Crippen LogP contribution in [0.4, 0.5) is 0 Å². The second kappa shape index (κ2) is 14.1. The van der Waals surface area contributed by atoms with Gasteiger partial charge in [-0.3, -0.25) is 9.89 Å². The van der Waals surface area contributed by atoms with E-state index in [2.05, 4.69) is 32.7 Å². The minimum Gasteiger partial charge on any atom is -0.497 e. The number of nitrogens with zero attached hydrogens (tertiary/aromatic N) is 2. The molecule has 1 unspecified atom stereocenters. The minimum atomic E-state index is 0. The number of hydrogen-bond acceptors (Lipinski definition) is 6. The fourth-order valence-corrected chi connectivity index (χ4v) is 3.79. The third-order valence-corrected chi connectivity index (χ3v) is 5.56. The van der Waals surface area contributed by atoms with Crippen molar-refractivity contribution >= 4 is 29.9 Å². The SMILES string of the molecule is CN=C(NCc1cccc(OC)c1)NCC(c1ccc(OC)c(OC)c1)N1CCOCC1.I. The van der Waals surface area contributed by atoms with Crippen LogP contribution in [0.15, 0.2) is 47.5 Å². The molecular formula is C24H35IN4O4. The number of morpholine rings is 1. The third-order valence-electron chi connectivity index (χ3n) is 5.56. The number of ether oxygens (including phenoxy) is 4. The number of hydrogen-bond donors (Lipinski definition) is 2. The van der Waals surface area contributed by atoms with Gasteiger partial charge in [0.25, 0.3) is 0 Å². The Morgan fingerprint density at radius 2 is 1.76 bits per heavy atom. The van der Waals surface area contributed by atoms with Gasteiger partial charge in [0.1, 0.15) is 5.75 Å². The van der Waals surface area contributed by atoms with Gasteiger partial charge in [-0.25, -0.2) is 0 Å². The van der Waals surface area contributed by atoms with Crippen LogP contribution < -0.4 is 24.8 Å². The van der Waals surface area contributed by atoms with Gasteiger partial charge in [-0.15, -0.1) is 24.0 Å². The van der Waals surface area contributed by atoms with Gasteiger partial charge >= 0.3 is 0 Å². The van der Waals surface area contributed by atoms with Crippen molar-refractivity contribution < 1.29 is 18.9 Å². The zero-order valence-electron chi connectivity index (χ0n) is 19.8. The van der Waals surface area contributed by atoms with E-state index in [1.54, 1.807) is 28.4 Å². The second-order valence-corrected chi connectivity index (χ2v) is 7.44. The molecule has 9 heteroatoms. The monoisotopic (exact) mass is 570 g/mol. The average Bonchev–Trinajstić information content (AvgIpc) is 2.86. The van der Waals surface area contributed by atoms with E-state index in [1.165, 1.54) is 0 Å². The molecule has 1 aliphatic heterocycles. The number of nitrogens with one attached hydrogen (secondary N) is 2. The molecular weight excluding hydrogens is 535 g/mol. The van der Waals surface area contributed by atoms with Crippen LogP contribution >= 0.6 is 24.0 Å². The number of aliphatic imine (C=N–C) groups is 1. The Bertz CT molecular complexity index is 891. The predicted octanol–water partition coefficient (Wildman–Crippen LogP) is 3.07. The van der Waals surface area contributed by atoms with E-state index in [9.17, 15) is 0 Å². The molecule has 2 N–H and O–H groups in total. The first-order chi connectivity index (χ1) is 15.7. The summed E-state index contributed by atoms with van der Waals surface area (Å²) in [5.74, 6) is 3.03. The molecule has 0 radical (unpaired) electrons. The Morgan fingerprint density at radius 1 is 1.00 bits per heavy atom. The van der Waals surface area contributed by atoms with Crippen LogP contribution in [-0.2, 0) is 11.3 Å². The van der Waals surface area contributed by atoms with Crippen LogP contribution in [0.5, 0.6) is 17.2 Å². The summed E-state index contributed by atoms with van der Waals surface area (Å²) in [5.41, 5.74) is 2.28. The summed E-state index contributed by atoms with van der Waals surface area (Å²) in [6.07, 6.45) is 0. The molecule has 0 bridgehead atoms. The highest BCUT2D eigenvalue weighted by Crippen LogP contribution is 2.32. The van der Waals surface area contributed by atoms with Gasteiger partial charge in [-0.1, -0.05) is 18.2 Å². The van der Waals surface area contributed by atoms with Crippen molar-refractivity contribution in [2.75, 3.05) is 61.2 Å². The lowest BCUT2D eigenvalue weighted by Crippen LogP contribution is -2.46. The van der Waals surface area contributed by atoms with E-state index in [0.717, 1.165) is 60.6 Å². The molecule has 0 aromatic heterocycles. The molecule has 0 aliphatic carbocycles. The van der Waals surface area contributed by atoms with Crippen LogP contribution in [0, 0.1) is 0 Å². The van der Waals surface area contributed by atoms with E-state index in [-0.39, 0.29) is 30.0 Å². The Labute approximate surface area is 213 Å². The summed E-state index contributed by atoms with van der Waals surface area (Å²) >= 11 is 0. The molecule has 1 atom stereocenters. The second-order valence-electron chi connectivity index (χ2n) is 7.44. The first-order valence-corrected chi connectivity index (χ1v) is 10.8. The molecule has 3 rings (SSSR count). The zero-order chi connectivity index (χ0) is 22.8. The van der Waals surface area contributed by atoms with Crippen LogP contribution in [0.1, 0.15) is 17.2 Å². The Hall–Kier alpha value is -2.24. The zero-order valence-corrected chi connectivity index (χ0v) is 22.1. The Morgan fingerprint density at radius 3 is 2.42 bits per heavy atom. The predicted molar refractivity (Wildman–Crippen MR) is 141 cm³/mol. The fourth-order valence-electron chi connectivity index (χ4n) is 3.79. The molecule has 0 saturated carbocycles. The van der Waals surface area contributed by atoms with Crippen molar-refractivity contribution in [1.82, 2.24) is 15.5 Å². The van der Waals surface area contributed by atoms with Gasteiger partial charge in [0.15, 0.2) is 17.5 Å². The van der Waals surface area contributed by atoms with Gasteiger partial charge in [-0.05, 0) is 35.4 Å². The quantitative estimate of drug-likeness (QED) is 0.273. The number of guanidine groups is 1. The first-order valence-electron chi connectivity index (χ1n) is 10.8. The van der Waals surface area contributed by atoms with Gasteiger partial charge in [-0.2, -0.15) is 0 Å². The maximum atomic E-state index is 5.57. The largest absolute Gasteiger partial charge is 0.497 e. The molecule has 8 nitrogen and oxygen atoms in total. The highest BCUT2D eigenvalue weighted by molar-refractivity contribution is 14.0. The topological polar surface area (TPSA) is 76.6 Å². The molecule has 1 saturated heterocycles. The molecule has 33 heavy (non-hydrogen) atoms. The van der Waals surface area contributed by atoms with Crippen LogP contribution in [0.25, 0.3) is 0 Å². The molecule has 2 aromatic rings. The lowest BCUT2D eigenvalue weighted by molar-refractivity contribution is 0.0169. The molecule has 0 amide bonds.